The van der Waals surface area contributed by atoms with Crippen LogP contribution in [0.15, 0.2) is 71.9 Å². The summed E-state index contributed by atoms with van der Waals surface area (Å²) in [4.78, 5) is 27.0. The summed E-state index contributed by atoms with van der Waals surface area (Å²) in [6.45, 7) is 1.59. The van der Waals surface area contributed by atoms with Gasteiger partial charge < -0.3 is 14.5 Å². The minimum atomic E-state index is -3.31. The first-order valence-corrected chi connectivity index (χ1v) is 13.7. The first kappa shape index (κ1) is 23.3. The van der Waals surface area contributed by atoms with Crippen LogP contribution in [-0.2, 0) is 25.9 Å². The Kier molecular flexibility index (Phi) is 5.73. The lowest BCUT2D eigenvalue weighted by Gasteiger charge is -2.43. The maximum atomic E-state index is 13.5. The lowest BCUT2D eigenvalue weighted by atomic mass is 10.1. The fourth-order valence-corrected chi connectivity index (χ4v) is 5.33. The minimum absolute atomic E-state index is 0.100. The van der Waals surface area contributed by atoms with E-state index < -0.39 is 15.9 Å². The molecule has 6 rings (SSSR count). The van der Waals surface area contributed by atoms with E-state index >= 15 is 0 Å². The van der Waals surface area contributed by atoms with Crippen LogP contribution >= 0.6 is 0 Å². The standard InChI is InChI=1S/C26H24N6O4S/c1-37(34,35)20-7-5-17(6-8-20)15-32-22-14-27-24(19-4-2-3-18(13-19)21-9-10-28-30-21)29-25(22)31-11-12-36-16-23(31)26(32)33/h2-10,13-14,23H,11-12,15-16H2,1H3,(H,28,30). The second kappa shape index (κ2) is 9.09. The van der Waals surface area contributed by atoms with Crippen molar-refractivity contribution < 1.29 is 17.9 Å². The highest BCUT2D eigenvalue weighted by Crippen LogP contribution is 2.37. The Balaban J connectivity index is 1.38. The zero-order valence-corrected chi connectivity index (χ0v) is 20.9. The quantitative estimate of drug-likeness (QED) is 0.430. The fourth-order valence-electron chi connectivity index (χ4n) is 4.70. The van der Waals surface area contributed by atoms with Gasteiger partial charge in [-0.05, 0) is 29.8 Å². The van der Waals surface area contributed by atoms with Gasteiger partial charge in [-0.2, -0.15) is 5.10 Å². The van der Waals surface area contributed by atoms with E-state index in [1.165, 1.54) is 6.26 Å². The summed E-state index contributed by atoms with van der Waals surface area (Å²) in [7, 11) is -3.31. The van der Waals surface area contributed by atoms with Crippen LogP contribution in [0.2, 0.25) is 0 Å². The molecule has 1 unspecified atom stereocenters. The molecule has 4 aromatic rings. The predicted octanol–water partition coefficient (Wildman–Crippen LogP) is 2.69. The van der Waals surface area contributed by atoms with Crippen molar-refractivity contribution in [3.63, 3.8) is 0 Å². The number of aromatic amines is 1. The van der Waals surface area contributed by atoms with E-state index in [-0.39, 0.29) is 24.0 Å². The van der Waals surface area contributed by atoms with E-state index in [9.17, 15) is 13.2 Å². The molecule has 4 heterocycles. The number of aromatic nitrogens is 4. The normalized spacial score (nSPS) is 17.4. The number of morpholine rings is 1. The molecule has 0 radical (unpaired) electrons. The molecule has 1 amide bonds. The van der Waals surface area contributed by atoms with Crippen molar-refractivity contribution in [2.75, 3.05) is 35.8 Å². The molecule has 1 saturated heterocycles. The number of carbonyl (C=O) groups excluding carboxylic acids is 1. The molecular weight excluding hydrogens is 492 g/mol. The van der Waals surface area contributed by atoms with Gasteiger partial charge >= 0.3 is 0 Å². The number of hydrogen-bond donors (Lipinski definition) is 1. The first-order chi connectivity index (χ1) is 17.9. The van der Waals surface area contributed by atoms with Crippen LogP contribution in [0.1, 0.15) is 5.56 Å². The van der Waals surface area contributed by atoms with Gasteiger partial charge in [0.2, 0.25) is 0 Å². The average Bonchev–Trinajstić information content (AvgIpc) is 3.46. The number of sulfone groups is 1. The maximum Gasteiger partial charge on any atom is 0.252 e. The molecule has 10 nitrogen and oxygen atoms in total. The highest BCUT2D eigenvalue weighted by atomic mass is 32.2. The van der Waals surface area contributed by atoms with Crippen molar-refractivity contribution in [1.82, 2.24) is 20.2 Å². The highest BCUT2D eigenvalue weighted by Gasteiger charge is 2.41. The van der Waals surface area contributed by atoms with Gasteiger partial charge in [0, 0.05) is 30.1 Å². The highest BCUT2D eigenvalue weighted by molar-refractivity contribution is 7.90. The minimum Gasteiger partial charge on any atom is -0.377 e. The Morgan fingerprint density at radius 2 is 1.92 bits per heavy atom. The Labute approximate surface area is 213 Å². The predicted molar refractivity (Wildman–Crippen MR) is 138 cm³/mol. The molecule has 2 aliphatic heterocycles. The summed E-state index contributed by atoms with van der Waals surface area (Å²) in [5, 5.41) is 7.00. The molecule has 1 atom stereocenters. The molecule has 2 aromatic carbocycles. The Morgan fingerprint density at radius 1 is 1.11 bits per heavy atom. The number of hydrogen-bond acceptors (Lipinski definition) is 8. The molecule has 2 aromatic heterocycles. The van der Waals surface area contributed by atoms with Crippen LogP contribution in [-0.4, -0.2) is 66.5 Å². The number of amides is 1. The Bertz CT molecular complexity index is 1570. The largest absolute Gasteiger partial charge is 0.377 e. The van der Waals surface area contributed by atoms with Crippen LogP contribution in [0.4, 0.5) is 11.5 Å². The third-order valence-corrected chi connectivity index (χ3v) is 7.75. The molecule has 1 fully saturated rings. The van der Waals surface area contributed by atoms with Crippen molar-refractivity contribution in [3.8, 4) is 22.6 Å². The summed E-state index contributed by atoms with van der Waals surface area (Å²) in [6, 6.07) is 15.9. The smallest absolute Gasteiger partial charge is 0.252 e. The Hall–Kier alpha value is -4.09. The van der Waals surface area contributed by atoms with Gasteiger partial charge in [0.1, 0.15) is 11.7 Å². The fraction of sp³-hybridized carbons (Fsp3) is 0.231. The SMILES string of the molecule is CS(=O)(=O)c1ccc(CN2C(=O)C3COCCN3c3nc(-c4cccc(-c5ccn[nH]5)c4)ncc32)cc1. The summed E-state index contributed by atoms with van der Waals surface area (Å²) >= 11 is 0. The molecule has 0 spiro atoms. The van der Waals surface area contributed by atoms with Gasteiger partial charge in [-0.1, -0.05) is 30.3 Å². The van der Waals surface area contributed by atoms with E-state index in [0.29, 0.717) is 30.5 Å². The molecule has 1 N–H and O–H groups in total. The number of carbonyl (C=O) groups is 1. The zero-order chi connectivity index (χ0) is 25.6. The van der Waals surface area contributed by atoms with Crippen molar-refractivity contribution in [2.24, 2.45) is 0 Å². The van der Waals surface area contributed by atoms with Crippen molar-refractivity contribution >= 4 is 27.2 Å². The van der Waals surface area contributed by atoms with Gasteiger partial charge in [-0.25, -0.2) is 18.4 Å². The molecule has 188 valence electrons. The second-order valence-corrected chi connectivity index (χ2v) is 11.1. The van der Waals surface area contributed by atoms with Crippen LogP contribution in [0.25, 0.3) is 22.6 Å². The first-order valence-electron chi connectivity index (χ1n) is 11.8. The van der Waals surface area contributed by atoms with Crippen LogP contribution in [0, 0.1) is 0 Å². The third kappa shape index (κ3) is 4.36. The van der Waals surface area contributed by atoms with Crippen LogP contribution in [0.3, 0.4) is 0 Å². The van der Waals surface area contributed by atoms with Gasteiger partial charge in [-0.15, -0.1) is 0 Å². The summed E-state index contributed by atoms with van der Waals surface area (Å²) < 4.78 is 29.3. The lowest BCUT2D eigenvalue weighted by Crippen LogP contribution is -2.58. The van der Waals surface area contributed by atoms with Crippen molar-refractivity contribution in [1.29, 1.82) is 0 Å². The van der Waals surface area contributed by atoms with Gasteiger partial charge in [0.05, 0.1) is 36.5 Å². The topological polar surface area (TPSA) is 121 Å². The van der Waals surface area contributed by atoms with E-state index in [1.54, 1.807) is 41.6 Å². The number of benzene rings is 2. The lowest BCUT2D eigenvalue weighted by molar-refractivity contribution is -0.122. The number of H-pyrrole nitrogens is 1. The molecule has 37 heavy (non-hydrogen) atoms. The van der Waals surface area contributed by atoms with Gasteiger partial charge in [0.25, 0.3) is 5.91 Å². The Morgan fingerprint density at radius 3 is 2.68 bits per heavy atom. The summed E-state index contributed by atoms with van der Waals surface area (Å²) in [6.07, 6.45) is 4.56. The van der Waals surface area contributed by atoms with E-state index in [1.807, 2.05) is 35.2 Å². The maximum absolute atomic E-state index is 13.5. The van der Waals surface area contributed by atoms with Crippen LogP contribution < -0.4 is 9.80 Å². The molecule has 0 saturated carbocycles. The summed E-state index contributed by atoms with van der Waals surface area (Å²) in [5.74, 6) is 1.13. The molecular formula is C26H24N6O4S. The molecule has 0 aliphatic carbocycles. The van der Waals surface area contributed by atoms with Crippen molar-refractivity contribution in [3.05, 3.63) is 72.6 Å². The van der Waals surface area contributed by atoms with Crippen molar-refractivity contribution in [2.45, 2.75) is 17.5 Å². The number of fused-ring (bicyclic) bond motifs is 3. The van der Waals surface area contributed by atoms with E-state index in [4.69, 9.17) is 9.72 Å². The second-order valence-electron chi connectivity index (χ2n) is 9.08. The summed E-state index contributed by atoms with van der Waals surface area (Å²) in [5.41, 5.74) is 4.12. The molecule has 2 aliphatic rings. The number of ether oxygens (including phenoxy) is 1. The zero-order valence-electron chi connectivity index (χ0n) is 20.0. The molecule has 11 heteroatoms. The third-order valence-electron chi connectivity index (χ3n) is 6.62. The number of nitrogens with zero attached hydrogens (tertiary/aromatic N) is 5. The van der Waals surface area contributed by atoms with Crippen LogP contribution in [0.5, 0.6) is 0 Å². The monoisotopic (exact) mass is 516 g/mol. The number of rotatable bonds is 5. The van der Waals surface area contributed by atoms with Gasteiger partial charge in [0.15, 0.2) is 21.5 Å². The van der Waals surface area contributed by atoms with E-state index in [2.05, 4.69) is 15.2 Å². The molecule has 0 bridgehead atoms. The van der Waals surface area contributed by atoms with E-state index in [0.717, 1.165) is 22.4 Å². The number of nitrogens with one attached hydrogen (secondary N) is 1. The van der Waals surface area contributed by atoms with Gasteiger partial charge in [-0.3, -0.25) is 9.89 Å². The number of anilines is 2. The average molecular weight is 517 g/mol.